The Morgan fingerprint density at radius 2 is 1.42 bits per heavy atom. The van der Waals surface area contributed by atoms with Crippen molar-refractivity contribution in [1.82, 2.24) is 0 Å². The Balaban J connectivity index is 2.38. The van der Waals surface area contributed by atoms with Crippen molar-refractivity contribution >= 4 is 18.7 Å². The summed E-state index contributed by atoms with van der Waals surface area (Å²) in [5, 5.41) is 21.0. The molecule has 0 atom stereocenters. The van der Waals surface area contributed by atoms with Crippen LogP contribution in [0.25, 0.3) is 11.5 Å². The monoisotopic (exact) mass is 324 g/mol. The van der Waals surface area contributed by atoms with Gasteiger partial charge in [-0.15, -0.1) is 0 Å². The lowest BCUT2D eigenvalue weighted by Gasteiger charge is -2.38. The summed E-state index contributed by atoms with van der Waals surface area (Å²) in [6.45, 7) is 6.87. The highest BCUT2D eigenvalue weighted by molar-refractivity contribution is 6.68. The second-order valence-electron chi connectivity index (χ2n) is 6.92. The van der Waals surface area contributed by atoms with Gasteiger partial charge >= 0.3 is 7.12 Å². The molecule has 0 saturated heterocycles. The minimum Gasteiger partial charge on any atom is -0.423 e. The predicted molar refractivity (Wildman–Crippen MR) is 100 cm³/mol. The number of benzene rings is 2. The molecular weight excluding hydrogens is 299 g/mol. The van der Waals surface area contributed by atoms with Crippen LogP contribution in [0.5, 0.6) is 0 Å². The van der Waals surface area contributed by atoms with E-state index in [1.54, 1.807) is 27.7 Å². The van der Waals surface area contributed by atoms with E-state index >= 15 is 0 Å². The van der Waals surface area contributed by atoms with Crippen LogP contribution in [0.3, 0.4) is 0 Å². The van der Waals surface area contributed by atoms with Crippen LogP contribution in [0.4, 0.5) is 0 Å². The molecule has 0 spiro atoms. The van der Waals surface area contributed by atoms with Gasteiger partial charge in [0.05, 0.1) is 11.2 Å². The van der Waals surface area contributed by atoms with Crippen LogP contribution in [0.15, 0.2) is 60.7 Å². The lowest BCUT2D eigenvalue weighted by molar-refractivity contribution is -0.0981. The molecule has 4 heteroatoms. The maximum Gasteiger partial charge on any atom is 0.492 e. The van der Waals surface area contributed by atoms with E-state index in [9.17, 15) is 10.1 Å². The SMILES string of the molecule is CC(C)(O)C(C)(C)OB(O)/C(=C/c1ccccc1)c1ccccc1. The Labute approximate surface area is 144 Å². The van der Waals surface area contributed by atoms with Crippen LogP contribution >= 0.6 is 0 Å². The summed E-state index contributed by atoms with van der Waals surface area (Å²) < 4.78 is 5.83. The lowest BCUT2D eigenvalue weighted by atomic mass is 9.71. The highest BCUT2D eigenvalue weighted by Crippen LogP contribution is 2.29. The predicted octanol–water partition coefficient (Wildman–Crippen LogP) is 3.81. The molecule has 0 radical (unpaired) electrons. The molecule has 0 heterocycles. The van der Waals surface area contributed by atoms with Crippen molar-refractivity contribution in [2.24, 2.45) is 0 Å². The Morgan fingerprint density at radius 3 is 1.92 bits per heavy atom. The van der Waals surface area contributed by atoms with E-state index in [0.717, 1.165) is 11.1 Å². The van der Waals surface area contributed by atoms with E-state index in [1.807, 2.05) is 66.7 Å². The van der Waals surface area contributed by atoms with E-state index in [1.165, 1.54) is 0 Å². The third-order valence-corrected chi connectivity index (χ3v) is 4.37. The molecule has 2 aromatic rings. The molecule has 0 aliphatic heterocycles. The van der Waals surface area contributed by atoms with E-state index in [2.05, 4.69) is 0 Å². The van der Waals surface area contributed by atoms with Gasteiger partial charge in [-0.3, -0.25) is 0 Å². The molecule has 24 heavy (non-hydrogen) atoms. The van der Waals surface area contributed by atoms with Gasteiger partial charge in [0.2, 0.25) is 0 Å². The highest BCUT2D eigenvalue weighted by Gasteiger charge is 2.40. The lowest BCUT2D eigenvalue weighted by Crippen LogP contribution is -2.50. The number of hydrogen-bond acceptors (Lipinski definition) is 3. The van der Waals surface area contributed by atoms with Crippen LogP contribution < -0.4 is 0 Å². The first-order chi connectivity index (χ1) is 11.2. The fourth-order valence-corrected chi connectivity index (χ4v) is 2.14. The zero-order valence-corrected chi connectivity index (χ0v) is 14.7. The quantitative estimate of drug-likeness (QED) is 0.627. The summed E-state index contributed by atoms with van der Waals surface area (Å²) in [4.78, 5) is 0. The highest BCUT2D eigenvalue weighted by atomic mass is 16.5. The van der Waals surface area contributed by atoms with Crippen LogP contribution in [-0.4, -0.2) is 28.5 Å². The van der Waals surface area contributed by atoms with Crippen molar-refractivity contribution in [2.75, 3.05) is 0 Å². The van der Waals surface area contributed by atoms with Gasteiger partial charge in [0.1, 0.15) is 0 Å². The summed E-state index contributed by atoms with van der Waals surface area (Å²) in [5.41, 5.74) is 0.485. The average molecular weight is 324 g/mol. The zero-order valence-electron chi connectivity index (χ0n) is 14.7. The summed E-state index contributed by atoms with van der Waals surface area (Å²) in [6, 6.07) is 19.4. The summed E-state index contributed by atoms with van der Waals surface area (Å²) in [5.74, 6) is 0. The van der Waals surface area contributed by atoms with Gasteiger partial charge in [-0.25, -0.2) is 0 Å². The van der Waals surface area contributed by atoms with Crippen molar-refractivity contribution in [3.8, 4) is 0 Å². The standard InChI is InChI=1S/C20H25BO3/c1-19(2,22)20(3,4)24-21(23)18(17-13-9-6-10-14-17)15-16-11-7-5-8-12-16/h5-15,22-23H,1-4H3/b18-15+. The van der Waals surface area contributed by atoms with Crippen molar-refractivity contribution < 1.29 is 14.8 Å². The maximum atomic E-state index is 10.7. The first kappa shape index (κ1) is 18.5. The maximum absolute atomic E-state index is 10.7. The topological polar surface area (TPSA) is 49.7 Å². The van der Waals surface area contributed by atoms with Gasteiger partial charge in [0, 0.05) is 0 Å². The van der Waals surface area contributed by atoms with Crippen LogP contribution in [0, 0.1) is 0 Å². The zero-order chi connectivity index (χ0) is 17.8. The molecule has 0 bridgehead atoms. The Kier molecular flexibility index (Phi) is 5.65. The summed E-state index contributed by atoms with van der Waals surface area (Å²) in [6.07, 6.45) is 1.90. The molecule has 2 aromatic carbocycles. The largest absolute Gasteiger partial charge is 0.492 e. The van der Waals surface area contributed by atoms with Gasteiger partial charge < -0.3 is 14.8 Å². The molecule has 0 unspecified atom stereocenters. The molecule has 0 fully saturated rings. The fourth-order valence-electron chi connectivity index (χ4n) is 2.14. The number of hydrogen-bond donors (Lipinski definition) is 2. The van der Waals surface area contributed by atoms with Gasteiger partial charge in [0.15, 0.2) is 0 Å². The molecule has 0 aliphatic rings. The van der Waals surface area contributed by atoms with Crippen LogP contribution in [0.1, 0.15) is 38.8 Å². The molecule has 3 nitrogen and oxygen atoms in total. The van der Waals surface area contributed by atoms with Gasteiger partial charge in [-0.2, -0.15) is 0 Å². The Hall–Kier alpha value is -1.88. The third kappa shape index (κ3) is 4.57. The van der Waals surface area contributed by atoms with Gasteiger partial charge in [-0.05, 0) is 44.3 Å². The second kappa shape index (κ2) is 7.35. The van der Waals surface area contributed by atoms with E-state index in [4.69, 9.17) is 4.65 Å². The smallest absolute Gasteiger partial charge is 0.423 e. The first-order valence-corrected chi connectivity index (χ1v) is 8.11. The first-order valence-electron chi connectivity index (χ1n) is 8.11. The third-order valence-electron chi connectivity index (χ3n) is 4.37. The Bertz CT molecular complexity index is 673. The van der Waals surface area contributed by atoms with Gasteiger partial charge in [-0.1, -0.05) is 66.7 Å². The van der Waals surface area contributed by atoms with Crippen LogP contribution in [-0.2, 0) is 4.65 Å². The summed E-state index contributed by atoms with van der Waals surface area (Å²) in [7, 11) is -1.16. The number of rotatable bonds is 6. The molecule has 2 N–H and O–H groups in total. The molecule has 0 saturated carbocycles. The molecule has 126 valence electrons. The molecule has 0 aliphatic carbocycles. The summed E-state index contributed by atoms with van der Waals surface area (Å²) >= 11 is 0. The number of aliphatic hydroxyl groups is 1. The minimum absolute atomic E-state index is 0.652. The fraction of sp³-hybridized carbons (Fsp3) is 0.300. The van der Waals surface area contributed by atoms with Crippen molar-refractivity contribution in [3.05, 3.63) is 71.8 Å². The van der Waals surface area contributed by atoms with E-state index in [0.29, 0.717) is 5.47 Å². The van der Waals surface area contributed by atoms with Crippen molar-refractivity contribution in [2.45, 2.75) is 38.9 Å². The van der Waals surface area contributed by atoms with E-state index in [-0.39, 0.29) is 0 Å². The molecule has 0 amide bonds. The molecular formula is C20H25BO3. The van der Waals surface area contributed by atoms with Crippen LogP contribution in [0.2, 0.25) is 0 Å². The van der Waals surface area contributed by atoms with Crippen molar-refractivity contribution in [3.63, 3.8) is 0 Å². The normalized spacial score (nSPS) is 13.0. The minimum atomic E-state index is -1.16. The molecule has 2 rings (SSSR count). The van der Waals surface area contributed by atoms with Crippen molar-refractivity contribution in [1.29, 1.82) is 0 Å². The second-order valence-corrected chi connectivity index (χ2v) is 6.92. The van der Waals surface area contributed by atoms with Gasteiger partial charge in [0.25, 0.3) is 0 Å². The van der Waals surface area contributed by atoms with E-state index < -0.39 is 18.3 Å². The molecule has 0 aromatic heterocycles. The Morgan fingerprint density at radius 1 is 0.917 bits per heavy atom. The average Bonchev–Trinajstić information content (AvgIpc) is 2.53.